The lowest BCUT2D eigenvalue weighted by Crippen LogP contribution is -2.46. The number of carboxylic acid groups (broad SMARTS) is 1. The van der Waals surface area contributed by atoms with Crippen LogP contribution in [0.15, 0.2) is 0 Å². The molecule has 0 aromatic carbocycles. The average molecular weight is 296 g/mol. The molecule has 2 rings (SSSR count). The topological polar surface area (TPSA) is 60.9 Å². The van der Waals surface area contributed by atoms with Crippen LogP contribution in [0.2, 0.25) is 0 Å². The summed E-state index contributed by atoms with van der Waals surface area (Å²) in [6.45, 7) is 7.19. The van der Waals surface area contributed by atoms with Gasteiger partial charge in [0.15, 0.2) is 0 Å². The monoisotopic (exact) mass is 296 g/mol. The highest BCUT2D eigenvalue weighted by Gasteiger charge is 2.33. The fraction of sp³-hybridized carbons (Fsp3) is 0.875. The van der Waals surface area contributed by atoms with Crippen molar-refractivity contribution in [2.24, 2.45) is 11.8 Å². The Balaban J connectivity index is 1.83. The first kappa shape index (κ1) is 16.3. The number of carboxylic acids is 1. The number of hydrogen-bond donors (Lipinski definition) is 1. The molecule has 2 unspecified atom stereocenters. The number of nitrogens with zero attached hydrogens (tertiary/aromatic N) is 2. The molecular weight excluding hydrogens is 268 g/mol. The first-order chi connectivity index (χ1) is 10.0. The summed E-state index contributed by atoms with van der Waals surface area (Å²) < 4.78 is 0. The SMILES string of the molecule is CCN(C(=O)CN1CCCC(C(C)CC(=O)O)C1)C1CC1. The minimum atomic E-state index is -0.721. The fourth-order valence-electron chi connectivity index (χ4n) is 3.45. The van der Waals surface area contributed by atoms with Gasteiger partial charge in [0.05, 0.1) is 6.54 Å². The fourth-order valence-corrected chi connectivity index (χ4v) is 3.45. The van der Waals surface area contributed by atoms with E-state index in [0.29, 0.717) is 18.5 Å². The molecule has 5 nitrogen and oxygen atoms in total. The lowest BCUT2D eigenvalue weighted by atomic mass is 9.84. The zero-order valence-electron chi connectivity index (χ0n) is 13.3. The van der Waals surface area contributed by atoms with Crippen molar-refractivity contribution in [3.05, 3.63) is 0 Å². The van der Waals surface area contributed by atoms with Gasteiger partial charge in [-0.05, 0) is 51.0 Å². The Bertz CT molecular complexity index is 382. The summed E-state index contributed by atoms with van der Waals surface area (Å²) in [6.07, 6.45) is 4.68. The molecule has 0 radical (unpaired) electrons. The molecule has 21 heavy (non-hydrogen) atoms. The molecule has 0 bridgehead atoms. The maximum atomic E-state index is 12.4. The Morgan fingerprint density at radius 2 is 2.05 bits per heavy atom. The lowest BCUT2D eigenvalue weighted by Gasteiger charge is -2.36. The maximum Gasteiger partial charge on any atom is 0.303 e. The smallest absolute Gasteiger partial charge is 0.303 e. The average Bonchev–Trinajstić information content (AvgIpc) is 3.23. The lowest BCUT2D eigenvalue weighted by molar-refractivity contribution is -0.139. The second-order valence-electron chi connectivity index (χ2n) is 6.62. The van der Waals surface area contributed by atoms with E-state index in [4.69, 9.17) is 5.11 Å². The van der Waals surface area contributed by atoms with Crippen molar-refractivity contribution >= 4 is 11.9 Å². The van der Waals surface area contributed by atoms with E-state index < -0.39 is 5.97 Å². The van der Waals surface area contributed by atoms with E-state index in [1.165, 1.54) is 0 Å². The quantitative estimate of drug-likeness (QED) is 0.778. The number of hydrogen-bond acceptors (Lipinski definition) is 3. The van der Waals surface area contributed by atoms with Crippen LogP contribution in [0.25, 0.3) is 0 Å². The van der Waals surface area contributed by atoms with Crippen LogP contribution in [0.1, 0.15) is 46.0 Å². The van der Waals surface area contributed by atoms with Crippen molar-refractivity contribution < 1.29 is 14.7 Å². The third kappa shape index (κ3) is 4.70. The molecule has 1 saturated carbocycles. The van der Waals surface area contributed by atoms with Crippen molar-refractivity contribution in [3.63, 3.8) is 0 Å². The van der Waals surface area contributed by atoms with Crippen LogP contribution >= 0.6 is 0 Å². The summed E-state index contributed by atoms with van der Waals surface area (Å²) >= 11 is 0. The summed E-state index contributed by atoms with van der Waals surface area (Å²) in [7, 11) is 0. The van der Waals surface area contributed by atoms with E-state index in [9.17, 15) is 9.59 Å². The normalized spacial score (nSPS) is 24.6. The second kappa shape index (κ2) is 7.25. The molecule has 5 heteroatoms. The first-order valence-electron chi connectivity index (χ1n) is 8.24. The molecule has 2 atom stereocenters. The van der Waals surface area contributed by atoms with Gasteiger partial charge in [-0.3, -0.25) is 14.5 Å². The maximum absolute atomic E-state index is 12.4. The molecule has 0 aromatic rings. The van der Waals surface area contributed by atoms with Crippen molar-refractivity contribution in [3.8, 4) is 0 Å². The highest BCUT2D eigenvalue weighted by molar-refractivity contribution is 5.79. The van der Waals surface area contributed by atoms with Gasteiger partial charge in [-0.15, -0.1) is 0 Å². The van der Waals surface area contributed by atoms with E-state index in [1.807, 2.05) is 18.7 Å². The van der Waals surface area contributed by atoms with E-state index in [2.05, 4.69) is 4.90 Å². The molecule has 1 aliphatic carbocycles. The Hall–Kier alpha value is -1.10. The van der Waals surface area contributed by atoms with Crippen LogP contribution in [0, 0.1) is 11.8 Å². The zero-order valence-corrected chi connectivity index (χ0v) is 13.3. The molecule has 1 N–H and O–H groups in total. The van der Waals surface area contributed by atoms with Gasteiger partial charge < -0.3 is 10.0 Å². The number of carbonyl (C=O) groups excluding carboxylic acids is 1. The molecule has 1 aliphatic heterocycles. The minimum absolute atomic E-state index is 0.186. The Morgan fingerprint density at radius 1 is 1.33 bits per heavy atom. The summed E-state index contributed by atoms with van der Waals surface area (Å²) in [5.74, 6) is 0.109. The van der Waals surface area contributed by atoms with Crippen LogP contribution in [0.3, 0.4) is 0 Å². The Kier molecular flexibility index (Phi) is 5.62. The number of carbonyl (C=O) groups is 2. The van der Waals surface area contributed by atoms with Gasteiger partial charge in [-0.25, -0.2) is 0 Å². The molecule has 1 heterocycles. The van der Waals surface area contributed by atoms with Crippen molar-refractivity contribution in [1.29, 1.82) is 0 Å². The van der Waals surface area contributed by atoms with Crippen LogP contribution < -0.4 is 0 Å². The number of aliphatic carboxylic acids is 1. The molecular formula is C16H28N2O3. The Labute approximate surface area is 127 Å². The summed E-state index contributed by atoms with van der Waals surface area (Å²) in [4.78, 5) is 27.4. The summed E-state index contributed by atoms with van der Waals surface area (Å²) in [5.41, 5.74) is 0. The summed E-state index contributed by atoms with van der Waals surface area (Å²) in [5, 5.41) is 8.92. The van der Waals surface area contributed by atoms with Gasteiger partial charge in [0.25, 0.3) is 0 Å². The largest absolute Gasteiger partial charge is 0.481 e. The molecule has 2 fully saturated rings. The number of likely N-dealkylation sites (N-methyl/N-ethyl adjacent to an activating group) is 1. The van der Waals surface area contributed by atoms with E-state index in [-0.39, 0.29) is 18.2 Å². The van der Waals surface area contributed by atoms with Crippen LogP contribution in [0.5, 0.6) is 0 Å². The summed E-state index contributed by atoms with van der Waals surface area (Å²) in [6, 6.07) is 0.481. The third-order valence-corrected chi connectivity index (χ3v) is 4.85. The van der Waals surface area contributed by atoms with Crippen LogP contribution in [-0.2, 0) is 9.59 Å². The minimum Gasteiger partial charge on any atom is -0.481 e. The molecule has 1 saturated heterocycles. The molecule has 0 aromatic heterocycles. The second-order valence-corrected chi connectivity index (χ2v) is 6.62. The number of rotatable bonds is 7. The van der Waals surface area contributed by atoms with Gasteiger partial charge in [0.2, 0.25) is 5.91 Å². The molecule has 1 amide bonds. The van der Waals surface area contributed by atoms with E-state index >= 15 is 0 Å². The van der Waals surface area contributed by atoms with Crippen LogP contribution in [-0.4, -0.2) is 59.0 Å². The standard InChI is InChI=1S/C16H28N2O3/c1-3-18(14-6-7-14)15(19)11-17-8-4-5-13(10-17)12(2)9-16(20)21/h12-14H,3-11H2,1-2H3,(H,20,21). The van der Waals surface area contributed by atoms with Gasteiger partial charge in [-0.2, -0.15) is 0 Å². The predicted molar refractivity (Wildman–Crippen MR) is 81.0 cm³/mol. The number of piperidine rings is 1. The highest BCUT2D eigenvalue weighted by Crippen LogP contribution is 2.28. The van der Waals surface area contributed by atoms with E-state index in [0.717, 1.165) is 45.3 Å². The number of likely N-dealkylation sites (tertiary alicyclic amines) is 1. The number of amides is 1. The van der Waals surface area contributed by atoms with E-state index in [1.54, 1.807) is 0 Å². The molecule has 0 spiro atoms. The molecule has 2 aliphatic rings. The van der Waals surface area contributed by atoms with Gasteiger partial charge in [0.1, 0.15) is 0 Å². The van der Waals surface area contributed by atoms with Crippen LogP contribution in [0.4, 0.5) is 0 Å². The molecule has 120 valence electrons. The van der Waals surface area contributed by atoms with Crippen molar-refractivity contribution in [2.75, 3.05) is 26.2 Å². The zero-order chi connectivity index (χ0) is 15.4. The van der Waals surface area contributed by atoms with Gasteiger partial charge in [-0.1, -0.05) is 6.92 Å². The third-order valence-electron chi connectivity index (χ3n) is 4.85. The van der Waals surface area contributed by atoms with Crippen molar-refractivity contribution in [1.82, 2.24) is 9.80 Å². The first-order valence-corrected chi connectivity index (χ1v) is 8.24. The predicted octanol–water partition coefficient (Wildman–Crippen LogP) is 1.82. The van der Waals surface area contributed by atoms with Crippen molar-refractivity contribution in [2.45, 2.75) is 52.0 Å². The Morgan fingerprint density at radius 3 is 2.62 bits per heavy atom. The van der Waals surface area contributed by atoms with Gasteiger partial charge >= 0.3 is 5.97 Å². The highest BCUT2D eigenvalue weighted by atomic mass is 16.4. The van der Waals surface area contributed by atoms with Gasteiger partial charge in [0, 0.05) is 25.6 Å².